The average Bonchev–Trinajstić information content (AvgIpc) is 2.41. The molecule has 0 atom stereocenters. The van der Waals surface area contributed by atoms with Gasteiger partial charge in [0, 0.05) is 12.3 Å². The zero-order chi connectivity index (χ0) is 15.6. The number of anilines is 1. The number of rotatable bonds is 4. The highest BCUT2D eigenvalue weighted by Gasteiger charge is 2.17. The van der Waals surface area contributed by atoms with E-state index in [0.29, 0.717) is 0 Å². The summed E-state index contributed by atoms with van der Waals surface area (Å²) in [5, 5.41) is -0.00781. The second-order valence-electron chi connectivity index (χ2n) is 3.90. The minimum atomic E-state index is -3.95. The van der Waals surface area contributed by atoms with Crippen LogP contribution in [0.2, 0.25) is 10.2 Å². The van der Waals surface area contributed by atoms with Gasteiger partial charge in [0.1, 0.15) is 10.0 Å². The third-order valence-corrected chi connectivity index (χ3v) is 4.52. The van der Waals surface area contributed by atoms with Crippen LogP contribution in [0.1, 0.15) is 0 Å². The van der Waals surface area contributed by atoms with Gasteiger partial charge in [0.2, 0.25) is 0 Å². The molecule has 1 N–H and O–H groups in total. The Morgan fingerprint density at radius 1 is 1.29 bits per heavy atom. The number of sulfonamides is 1. The number of nitrogens with one attached hydrogen (secondary N) is 1. The topological polar surface area (TPSA) is 68.3 Å². The van der Waals surface area contributed by atoms with Crippen LogP contribution < -0.4 is 9.46 Å². The summed E-state index contributed by atoms with van der Waals surface area (Å²) in [6.07, 6.45) is 1.05. The number of hydrogen-bond donors (Lipinski definition) is 1. The molecule has 0 fully saturated rings. The maximum atomic E-state index is 13.5. The average molecular weight is 351 g/mol. The van der Waals surface area contributed by atoms with Crippen LogP contribution in [-0.4, -0.2) is 20.5 Å². The molecular formula is C12H9Cl2FN2O3S. The molecule has 1 aromatic heterocycles. The lowest BCUT2D eigenvalue weighted by Crippen LogP contribution is -2.13. The predicted octanol–water partition coefficient (Wildman–Crippen LogP) is 3.34. The van der Waals surface area contributed by atoms with Crippen molar-refractivity contribution in [1.29, 1.82) is 0 Å². The molecule has 1 aromatic carbocycles. The summed E-state index contributed by atoms with van der Waals surface area (Å²) in [6.45, 7) is 0. The predicted molar refractivity (Wildman–Crippen MR) is 78.0 cm³/mol. The van der Waals surface area contributed by atoms with Crippen molar-refractivity contribution >= 4 is 38.9 Å². The molecule has 2 aromatic rings. The number of methoxy groups -OCH3 is 1. The second kappa shape index (κ2) is 6.05. The fourth-order valence-corrected chi connectivity index (χ4v) is 2.85. The molecule has 0 radical (unpaired) electrons. The zero-order valence-electron chi connectivity index (χ0n) is 10.6. The van der Waals surface area contributed by atoms with Gasteiger partial charge in [-0.2, -0.15) is 0 Å². The fourth-order valence-electron chi connectivity index (χ4n) is 1.49. The van der Waals surface area contributed by atoms with Crippen LogP contribution >= 0.6 is 23.2 Å². The summed E-state index contributed by atoms with van der Waals surface area (Å²) in [5.74, 6) is -0.681. The first kappa shape index (κ1) is 15.8. The molecule has 0 saturated heterocycles. The molecule has 0 bridgehead atoms. The van der Waals surface area contributed by atoms with Crippen LogP contribution in [0, 0.1) is 5.82 Å². The van der Waals surface area contributed by atoms with Crippen molar-refractivity contribution in [3.8, 4) is 5.75 Å². The Bertz CT molecular complexity index is 784. The molecule has 0 aliphatic heterocycles. The van der Waals surface area contributed by atoms with E-state index in [1.807, 2.05) is 0 Å². The van der Waals surface area contributed by atoms with Crippen molar-refractivity contribution in [3.63, 3.8) is 0 Å². The summed E-state index contributed by atoms with van der Waals surface area (Å²) in [4.78, 5) is 3.46. The fraction of sp³-hybridized carbons (Fsp3) is 0.0833. The molecule has 0 aliphatic carbocycles. The molecule has 0 spiro atoms. The third kappa shape index (κ3) is 3.55. The van der Waals surface area contributed by atoms with Gasteiger partial charge in [0.05, 0.1) is 17.8 Å². The van der Waals surface area contributed by atoms with Crippen LogP contribution in [0.15, 0.2) is 35.4 Å². The van der Waals surface area contributed by atoms with Crippen molar-refractivity contribution in [2.45, 2.75) is 4.90 Å². The van der Waals surface area contributed by atoms with Gasteiger partial charge in [0.25, 0.3) is 10.0 Å². The summed E-state index contributed by atoms with van der Waals surface area (Å²) < 4.78 is 44.7. The summed E-state index contributed by atoms with van der Waals surface area (Å²) in [6, 6.07) is 4.82. The summed E-state index contributed by atoms with van der Waals surface area (Å²) in [5.41, 5.74) is 0.0411. The lowest BCUT2D eigenvalue weighted by molar-refractivity contribution is 0.386. The van der Waals surface area contributed by atoms with E-state index in [1.165, 1.54) is 19.2 Å². The van der Waals surface area contributed by atoms with Gasteiger partial charge >= 0.3 is 0 Å². The van der Waals surface area contributed by atoms with Gasteiger partial charge in [-0.25, -0.2) is 17.8 Å². The largest absolute Gasteiger partial charge is 0.494 e. The van der Waals surface area contributed by atoms with Gasteiger partial charge < -0.3 is 4.74 Å². The van der Waals surface area contributed by atoms with Crippen molar-refractivity contribution in [1.82, 2.24) is 4.98 Å². The Morgan fingerprint density at radius 3 is 2.57 bits per heavy atom. The Kier molecular flexibility index (Phi) is 4.55. The lowest BCUT2D eigenvalue weighted by Gasteiger charge is -2.09. The van der Waals surface area contributed by atoms with Gasteiger partial charge in [-0.3, -0.25) is 4.72 Å². The smallest absolute Gasteiger partial charge is 0.263 e. The molecule has 0 saturated carbocycles. The number of benzene rings is 1. The number of hydrogen-bond acceptors (Lipinski definition) is 4. The van der Waals surface area contributed by atoms with E-state index in [1.54, 1.807) is 0 Å². The summed E-state index contributed by atoms with van der Waals surface area (Å²) in [7, 11) is -2.64. The highest BCUT2D eigenvalue weighted by molar-refractivity contribution is 7.92. The van der Waals surface area contributed by atoms with E-state index >= 15 is 0 Å². The Morgan fingerprint density at radius 2 is 2.00 bits per heavy atom. The van der Waals surface area contributed by atoms with Crippen molar-refractivity contribution in [2.24, 2.45) is 0 Å². The molecule has 1 heterocycles. The monoisotopic (exact) mass is 350 g/mol. The molecule has 0 amide bonds. The summed E-state index contributed by atoms with van der Waals surface area (Å²) >= 11 is 11.3. The van der Waals surface area contributed by atoms with Gasteiger partial charge in [0.15, 0.2) is 11.6 Å². The SMILES string of the molecule is COc1ccc(NS(=O)(=O)c2cnc(Cl)c(Cl)c2)cc1F. The number of aromatic nitrogens is 1. The number of nitrogens with zero attached hydrogens (tertiary/aromatic N) is 1. The maximum absolute atomic E-state index is 13.5. The van der Waals surface area contributed by atoms with Crippen molar-refractivity contribution < 1.29 is 17.5 Å². The van der Waals surface area contributed by atoms with Gasteiger partial charge in [-0.1, -0.05) is 23.2 Å². The number of ether oxygens (including phenoxy) is 1. The van der Waals surface area contributed by atoms with Crippen LogP contribution in [0.5, 0.6) is 5.75 Å². The molecule has 0 aliphatic rings. The van der Waals surface area contributed by atoms with E-state index in [2.05, 4.69) is 9.71 Å². The first-order valence-electron chi connectivity index (χ1n) is 5.51. The van der Waals surface area contributed by atoms with E-state index in [4.69, 9.17) is 27.9 Å². The highest BCUT2D eigenvalue weighted by Crippen LogP contribution is 2.25. The number of halogens is 3. The van der Waals surface area contributed by atoms with Crippen molar-refractivity contribution in [3.05, 3.63) is 46.5 Å². The Labute approximate surface area is 130 Å². The minimum absolute atomic E-state index is 0.000420. The molecule has 9 heteroatoms. The Balaban J connectivity index is 2.32. The first-order valence-corrected chi connectivity index (χ1v) is 7.75. The Hall–Kier alpha value is -1.57. The van der Waals surface area contributed by atoms with E-state index in [0.717, 1.165) is 18.3 Å². The van der Waals surface area contributed by atoms with E-state index in [-0.39, 0.29) is 26.5 Å². The third-order valence-electron chi connectivity index (χ3n) is 2.49. The standard InChI is InChI=1S/C12H9Cl2FN2O3S/c1-20-11-3-2-7(4-10(11)15)17-21(18,19)8-5-9(13)12(14)16-6-8/h2-6,17H,1H3. The van der Waals surface area contributed by atoms with Crippen LogP contribution in [0.3, 0.4) is 0 Å². The molecule has 112 valence electrons. The first-order chi connectivity index (χ1) is 9.83. The molecule has 5 nitrogen and oxygen atoms in total. The second-order valence-corrected chi connectivity index (χ2v) is 6.35. The van der Waals surface area contributed by atoms with Crippen LogP contribution in [-0.2, 0) is 10.0 Å². The molecule has 0 unspecified atom stereocenters. The number of pyridine rings is 1. The van der Waals surface area contributed by atoms with E-state index in [9.17, 15) is 12.8 Å². The normalized spacial score (nSPS) is 11.2. The van der Waals surface area contributed by atoms with Gasteiger partial charge in [-0.05, 0) is 18.2 Å². The van der Waals surface area contributed by atoms with Crippen molar-refractivity contribution in [2.75, 3.05) is 11.8 Å². The quantitative estimate of drug-likeness (QED) is 0.858. The molecule has 2 rings (SSSR count). The van der Waals surface area contributed by atoms with Crippen LogP contribution in [0.4, 0.5) is 10.1 Å². The van der Waals surface area contributed by atoms with Crippen LogP contribution in [0.25, 0.3) is 0 Å². The molecular weight excluding hydrogens is 342 g/mol. The van der Waals surface area contributed by atoms with E-state index < -0.39 is 15.8 Å². The van der Waals surface area contributed by atoms with Gasteiger partial charge in [-0.15, -0.1) is 0 Å². The zero-order valence-corrected chi connectivity index (χ0v) is 12.9. The molecule has 21 heavy (non-hydrogen) atoms. The lowest BCUT2D eigenvalue weighted by atomic mass is 10.3. The maximum Gasteiger partial charge on any atom is 0.263 e. The minimum Gasteiger partial charge on any atom is -0.494 e. The highest BCUT2D eigenvalue weighted by atomic mass is 35.5.